The van der Waals surface area contributed by atoms with Crippen LogP contribution in [-0.2, 0) is 11.2 Å². The zero-order valence-electron chi connectivity index (χ0n) is 13.8. The number of carboxylic acids is 1. The summed E-state index contributed by atoms with van der Waals surface area (Å²) in [5.74, 6) is -0.882. The molecule has 128 valence electrons. The molecule has 0 radical (unpaired) electrons. The molecule has 4 nitrogen and oxygen atoms in total. The van der Waals surface area contributed by atoms with Crippen LogP contribution in [0.1, 0.15) is 30.4 Å². The Hall–Kier alpha value is -2.56. The monoisotopic (exact) mass is 332 g/mol. The lowest BCUT2D eigenvalue weighted by atomic mass is 9.92. The van der Waals surface area contributed by atoms with Gasteiger partial charge in [0.05, 0.1) is 19.6 Å². The minimum Gasteiger partial charge on any atom is -0.493 e. The highest BCUT2D eigenvalue weighted by Gasteiger charge is 2.21. The molecule has 1 atom stereocenters. The maximum atomic E-state index is 13.0. The maximum Gasteiger partial charge on any atom is 0.311 e. The van der Waals surface area contributed by atoms with Crippen molar-refractivity contribution in [2.24, 2.45) is 0 Å². The van der Waals surface area contributed by atoms with E-state index in [0.29, 0.717) is 23.7 Å². The van der Waals surface area contributed by atoms with Crippen molar-refractivity contribution in [1.82, 2.24) is 0 Å². The van der Waals surface area contributed by atoms with Crippen molar-refractivity contribution in [2.45, 2.75) is 25.7 Å². The van der Waals surface area contributed by atoms with Crippen molar-refractivity contribution < 1.29 is 23.8 Å². The van der Waals surface area contributed by atoms with Crippen LogP contribution in [0, 0.1) is 5.82 Å². The van der Waals surface area contributed by atoms with E-state index in [2.05, 4.69) is 0 Å². The average molecular weight is 332 g/mol. The van der Waals surface area contributed by atoms with E-state index in [1.807, 2.05) is 13.0 Å². The van der Waals surface area contributed by atoms with Crippen LogP contribution < -0.4 is 9.47 Å². The molecule has 2 rings (SSSR count). The van der Waals surface area contributed by atoms with Gasteiger partial charge in [0.25, 0.3) is 0 Å². The van der Waals surface area contributed by atoms with Crippen LogP contribution in [0.3, 0.4) is 0 Å². The number of carboxylic acid groups (broad SMARTS) is 1. The molecule has 24 heavy (non-hydrogen) atoms. The fourth-order valence-corrected chi connectivity index (χ4v) is 2.45. The van der Waals surface area contributed by atoms with Crippen molar-refractivity contribution in [2.75, 3.05) is 13.7 Å². The van der Waals surface area contributed by atoms with Crippen molar-refractivity contribution in [3.8, 4) is 11.5 Å². The van der Waals surface area contributed by atoms with Gasteiger partial charge in [-0.25, -0.2) is 4.39 Å². The van der Waals surface area contributed by atoms with Gasteiger partial charge in [-0.2, -0.15) is 0 Å². The molecule has 0 bridgehead atoms. The summed E-state index contributed by atoms with van der Waals surface area (Å²) in [6.07, 6.45) is 1.17. The second-order valence-corrected chi connectivity index (χ2v) is 5.48. The van der Waals surface area contributed by atoms with Crippen LogP contribution in [0.2, 0.25) is 0 Å². The third kappa shape index (κ3) is 4.47. The molecule has 0 amide bonds. The zero-order valence-corrected chi connectivity index (χ0v) is 13.8. The molecule has 0 aliphatic rings. The van der Waals surface area contributed by atoms with E-state index in [9.17, 15) is 14.3 Å². The van der Waals surface area contributed by atoms with Crippen LogP contribution in [-0.4, -0.2) is 24.8 Å². The number of methoxy groups -OCH3 is 1. The smallest absolute Gasteiger partial charge is 0.311 e. The number of ether oxygens (including phenoxy) is 2. The van der Waals surface area contributed by atoms with Gasteiger partial charge >= 0.3 is 5.97 Å². The van der Waals surface area contributed by atoms with Gasteiger partial charge in [-0.05, 0) is 48.2 Å². The van der Waals surface area contributed by atoms with Crippen LogP contribution in [0.4, 0.5) is 4.39 Å². The molecule has 0 saturated heterocycles. The van der Waals surface area contributed by atoms with Gasteiger partial charge < -0.3 is 14.6 Å². The van der Waals surface area contributed by atoms with Gasteiger partial charge in [0.1, 0.15) is 5.82 Å². The van der Waals surface area contributed by atoms with Gasteiger partial charge in [-0.3, -0.25) is 4.79 Å². The number of benzene rings is 2. The predicted molar refractivity (Wildman–Crippen MR) is 89.3 cm³/mol. The second-order valence-electron chi connectivity index (χ2n) is 5.48. The lowest BCUT2D eigenvalue weighted by Gasteiger charge is -2.15. The Morgan fingerprint density at radius 1 is 1.17 bits per heavy atom. The summed E-state index contributed by atoms with van der Waals surface area (Å²) in [6.45, 7) is 2.60. The van der Waals surface area contributed by atoms with E-state index < -0.39 is 11.9 Å². The molecule has 0 aromatic heterocycles. The molecule has 0 aliphatic heterocycles. The topological polar surface area (TPSA) is 55.8 Å². The summed E-state index contributed by atoms with van der Waals surface area (Å²) >= 11 is 0. The van der Waals surface area contributed by atoms with Crippen LogP contribution in [0.15, 0.2) is 42.5 Å². The van der Waals surface area contributed by atoms with Gasteiger partial charge in [0.15, 0.2) is 11.5 Å². The van der Waals surface area contributed by atoms with Crippen molar-refractivity contribution >= 4 is 5.97 Å². The van der Waals surface area contributed by atoms with Gasteiger partial charge in [0.2, 0.25) is 0 Å². The first-order valence-electron chi connectivity index (χ1n) is 7.83. The van der Waals surface area contributed by atoms with Gasteiger partial charge in [-0.1, -0.05) is 25.1 Å². The van der Waals surface area contributed by atoms with E-state index in [-0.39, 0.29) is 12.2 Å². The summed E-state index contributed by atoms with van der Waals surface area (Å²) in [5, 5.41) is 9.50. The molecular formula is C19H21FO4. The Morgan fingerprint density at radius 2 is 1.88 bits per heavy atom. The van der Waals surface area contributed by atoms with E-state index in [1.165, 1.54) is 24.3 Å². The number of hydrogen-bond acceptors (Lipinski definition) is 3. The molecular weight excluding hydrogens is 311 g/mol. The Morgan fingerprint density at radius 3 is 2.46 bits per heavy atom. The average Bonchev–Trinajstić information content (AvgIpc) is 2.59. The van der Waals surface area contributed by atoms with E-state index in [1.54, 1.807) is 19.2 Å². The standard InChI is InChI=1S/C19H21FO4/c1-3-10-24-17-9-4-13(12-18(17)23-2)11-16(19(21)22)14-5-7-15(20)8-6-14/h4-9,12,16H,3,10-11H2,1-2H3,(H,21,22). The van der Waals surface area contributed by atoms with Crippen LogP contribution >= 0.6 is 0 Å². The fourth-order valence-electron chi connectivity index (χ4n) is 2.45. The molecule has 0 saturated carbocycles. The molecule has 5 heteroatoms. The van der Waals surface area contributed by atoms with E-state index >= 15 is 0 Å². The lowest BCUT2D eigenvalue weighted by Crippen LogP contribution is -2.14. The number of halogens is 1. The number of hydrogen-bond donors (Lipinski definition) is 1. The number of aliphatic carboxylic acids is 1. The fraction of sp³-hybridized carbons (Fsp3) is 0.316. The number of rotatable bonds is 8. The Bertz CT molecular complexity index is 682. The third-order valence-corrected chi connectivity index (χ3v) is 3.70. The van der Waals surface area contributed by atoms with Crippen molar-refractivity contribution in [1.29, 1.82) is 0 Å². The van der Waals surface area contributed by atoms with Gasteiger partial charge in [0, 0.05) is 0 Å². The first-order valence-corrected chi connectivity index (χ1v) is 7.83. The lowest BCUT2D eigenvalue weighted by molar-refractivity contribution is -0.138. The molecule has 0 fully saturated rings. The Kier molecular flexibility index (Phi) is 6.18. The Balaban J connectivity index is 2.23. The van der Waals surface area contributed by atoms with Crippen molar-refractivity contribution in [3.63, 3.8) is 0 Å². The van der Waals surface area contributed by atoms with E-state index in [0.717, 1.165) is 12.0 Å². The zero-order chi connectivity index (χ0) is 17.5. The highest BCUT2D eigenvalue weighted by Crippen LogP contribution is 2.31. The molecule has 0 aliphatic carbocycles. The van der Waals surface area contributed by atoms with Crippen LogP contribution in [0.5, 0.6) is 11.5 Å². The normalized spacial score (nSPS) is 11.8. The summed E-state index contributed by atoms with van der Waals surface area (Å²) in [6, 6.07) is 10.9. The minimum absolute atomic E-state index is 0.283. The van der Waals surface area contributed by atoms with Crippen molar-refractivity contribution in [3.05, 3.63) is 59.4 Å². The molecule has 2 aromatic carbocycles. The molecule has 2 aromatic rings. The largest absolute Gasteiger partial charge is 0.493 e. The first kappa shape index (κ1) is 17.8. The maximum absolute atomic E-state index is 13.0. The highest BCUT2D eigenvalue weighted by atomic mass is 19.1. The summed E-state index contributed by atoms with van der Waals surface area (Å²) in [5.41, 5.74) is 1.38. The molecule has 1 unspecified atom stereocenters. The van der Waals surface area contributed by atoms with Gasteiger partial charge in [-0.15, -0.1) is 0 Å². The quantitative estimate of drug-likeness (QED) is 0.793. The van der Waals surface area contributed by atoms with Crippen LogP contribution in [0.25, 0.3) is 0 Å². The number of carbonyl (C=O) groups is 1. The highest BCUT2D eigenvalue weighted by molar-refractivity contribution is 5.76. The SMILES string of the molecule is CCCOc1ccc(CC(C(=O)O)c2ccc(F)cc2)cc1OC. The van der Waals surface area contributed by atoms with E-state index in [4.69, 9.17) is 9.47 Å². The summed E-state index contributed by atoms with van der Waals surface area (Å²) < 4.78 is 24.0. The summed E-state index contributed by atoms with van der Waals surface area (Å²) in [4.78, 5) is 11.6. The second kappa shape index (κ2) is 8.34. The molecule has 0 spiro atoms. The third-order valence-electron chi connectivity index (χ3n) is 3.70. The predicted octanol–water partition coefficient (Wildman–Crippen LogP) is 4.03. The summed E-state index contributed by atoms with van der Waals surface area (Å²) in [7, 11) is 1.55. The molecule has 1 N–H and O–H groups in total. The minimum atomic E-state index is -0.952. The molecule has 0 heterocycles. The Labute approximate surface area is 140 Å². The first-order chi connectivity index (χ1) is 11.5.